The van der Waals surface area contributed by atoms with Gasteiger partial charge in [-0.15, -0.1) is 0 Å². The van der Waals surface area contributed by atoms with Crippen LogP contribution in [-0.4, -0.2) is 59.5 Å². The van der Waals surface area contributed by atoms with E-state index in [9.17, 15) is 8.42 Å². The van der Waals surface area contributed by atoms with E-state index in [4.69, 9.17) is 0 Å². The van der Waals surface area contributed by atoms with Crippen LogP contribution in [0.3, 0.4) is 0 Å². The minimum absolute atomic E-state index is 0.0163. The van der Waals surface area contributed by atoms with Crippen LogP contribution in [0.25, 0.3) is 0 Å². The molecule has 2 unspecified atom stereocenters. The lowest BCUT2D eigenvalue weighted by Gasteiger charge is -2.46. The Balaban J connectivity index is 1.85. The van der Waals surface area contributed by atoms with Gasteiger partial charge in [-0.25, -0.2) is 8.42 Å². The third-order valence-electron chi connectivity index (χ3n) is 4.19. The first kappa shape index (κ1) is 13.1. The van der Waals surface area contributed by atoms with Gasteiger partial charge in [0.15, 0.2) is 5.03 Å². The number of piperazine rings is 1. The second-order valence-electron chi connectivity index (χ2n) is 5.49. The highest BCUT2D eigenvalue weighted by Crippen LogP contribution is 2.27. The predicted octanol–water partition coefficient (Wildman–Crippen LogP) is 0.657. The van der Waals surface area contributed by atoms with Crippen molar-refractivity contribution >= 4 is 10.0 Å². The summed E-state index contributed by atoms with van der Waals surface area (Å²) in [5.41, 5.74) is 0. The maximum atomic E-state index is 12.6. The fraction of sp³-hybridized carbons (Fsp3) is 0.750. The van der Waals surface area contributed by atoms with E-state index in [0.29, 0.717) is 12.6 Å². The smallest absolute Gasteiger partial charge is 0.260 e. The molecular weight excluding hydrogens is 264 g/mol. The zero-order chi connectivity index (χ0) is 13.5. The Morgan fingerprint density at radius 2 is 2.21 bits per heavy atom. The van der Waals surface area contributed by atoms with Gasteiger partial charge in [-0.1, -0.05) is 6.42 Å². The summed E-state index contributed by atoms with van der Waals surface area (Å²) in [6.07, 6.45) is 5.01. The number of hydrogen-bond donors (Lipinski definition) is 1. The largest absolute Gasteiger partial charge is 0.297 e. The highest BCUT2D eigenvalue weighted by molar-refractivity contribution is 7.89. The Labute approximate surface area is 113 Å². The van der Waals surface area contributed by atoms with Gasteiger partial charge in [-0.3, -0.25) is 10.00 Å². The van der Waals surface area contributed by atoms with E-state index in [1.54, 1.807) is 4.31 Å². The third-order valence-corrected chi connectivity index (χ3v) is 6.10. The van der Waals surface area contributed by atoms with Crippen LogP contribution in [0.4, 0.5) is 0 Å². The van der Waals surface area contributed by atoms with E-state index >= 15 is 0 Å². The minimum Gasteiger partial charge on any atom is -0.297 e. The van der Waals surface area contributed by atoms with Crippen LogP contribution in [0.2, 0.25) is 0 Å². The lowest BCUT2D eigenvalue weighted by atomic mass is 9.99. The molecule has 106 valence electrons. The Morgan fingerprint density at radius 3 is 2.95 bits per heavy atom. The summed E-state index contributed by atoms with van der Waals surface area (Å²) >= 11 is 0. The summed E-state index contributed by atoms with van der Waals surface area (Å²) in [6, 6.07) is 1.92. The highest BCUT2D eigenvalue weighted by atomic mass is 32.2. The zero-order valence-corrected chi connectivity index (χ0v) is 11.9. The molecule has 3 rings (SSSR count). The molecule has 7 heteroatoms. The standard InChI is InChI=1S/C12H20N4O2S/c1-10-8-15-7-3-2-4-11(15)9-16(10)19(17,18)12-5-6-13-14-12/h5-6,10-11H,2-4,7-9H2,1H3,(H,13,14). The predicted molar refractivity (Wildman–Crippen MR) is 71.2 cm³/mol. The number of H-pyrrole nitrogens is 1. The topological polar surface area (TPSA) is 69.3 Å². The normalized spacial score (nSPS) is 30.2. The molecule has 0 aromatic carbocycles. The van der Waals surface area contributed by atoms with Crippen molar-refractivity contribution in [1.82, 2.24) is 19.4 Å². The summed E-state index contributed by atoms with van der Waals surface area (Å²) in [6.45, 7) is 4.52. The highest BCUT2D eigenvalue weighted by Gasteiger charge is 2.39. The number of aromatic nitrogens is 2. The minimum atomic E-state index is -3.43. The Hall–Kier alpha value is -0.920. The molecule has 0 amide bonds. The van der Waals surface area contributed by atoms with Gasteiger partial charge < -0.3 is 0 Å². The van der Waals surface area contributed by atoms with Gasteiger partial charge in [0.05, 0.1) is 6.20 Å². The monoisotopic (exact) mass is 284 g/mol. The molecule has 0 aliphatic carbocycles. The summed E-state index contributed by atoms with van der Waals surface area (Å²) in [5.74, 6) is 0. The van der Waals surface area contributed by atoms with Crippen molar-refractivity contribution in [3.63, 3.8) is 0 Å². The molecule has 0 radical (unpaired) electrons. The average molecular weight is 284 g/mol. The summed E-state index contributed by atoms with van der Waals surface area (Å²) in [4.78, 5) is 2.44. The van der Waals surface area contributed by atoms with E-state index in [2.05, 4.69) is 15.1 Å². The summed E-state index contributed by atoms with van der Waals surface area (Å²) < 4.78 is 26.8. The summed E-state index contributed by atoms with van der Waals surface area (Å²) in [7, 11) is -3.43. The second kappa shape index (κ2) is 4.88. The molecule has 2 aliphatic rings. The van der Waals surface area contributed by atoms with Crippen molar-refractivity contribution < 1.29 is 8.42 Å². The molecule has 1 aromatic heterocycles. The van der Waals surface area contributed by atoms with Gasteiger partial charge in [-0.2, -0.15) is 9.40 Å². The Bertz CT molecular complexity index is 528. The first-order chi connectivity index (χ1) is 9.09. The zero-order valence-electron chi connectivity index (χ0n) is 11.1. The van der Waals surface area contributed by atoms with Crippen LogP contribution in [0.15, 0.2) is 17.3 Å². The van der Waals surface area contributed by atoms with E-state index in [1.807, 2.05) is 6.92 Å². The summed E-state index contributed by atoms with van der Waals surface area (Å²) in [5, 5.41) is 6.52. The van der Waals surface area contributed by atoms with E-state index in [-0.39, 0.29) is 11.1 Å². The number of piperidine rings is 1. The van der Waals surface area contributed by atoms with Crippen molar-refractivity contribution in [2.45, 2.75) is 43.3 Å². The molecule has 3 heterocycles. The van der Waals surface area contributed by atoms with Crippen LogP contribution in [0, 0.1) is 0 Å². The maximum Gasteiger partial charge on any atom is 0.260 e. The van der Waals surface area contributed by atoms with Gasteiger partial charge in [0, 0.05) is 25.2 Å². The van der Waals surface area contributed by atoms with Gasteiger partial charge in [0.2, 0.25) is 0 Å². The van der Waals surface area contributed by atoms with Crippen LogP contribution in [0.5, 0.6) is 0 Å². The van der Waals surface area contributed by atoms with Gasteiger partial charge in [0.1, 0.15) is 0 Å². The molecule has 2 fully saturated rings. The molecule has 1 N–H and O–H groups in total. The fourth-order valence-corrected chi connectivity index (χ4v) is 4.74. The van der Waals surface area contributed by atoms with E-state index in [0.717, 1.165) is 19.5 Å². The van der Waals surface area contributed by atoms with Crippen LogP contribution in [0.1, 0.15) is 26.2 Å². The van der Waals surface area contributed by atoms with Crippen LogP contribution < -0.4 is 0 Å². The number of fused-ring (bicyclic) bond motifs is 1. The van der Waals surface area contributed by atoms with Gasteiger partial charge in [-0.05, 0) is 32.4 Å². The molecule has 6 nitrogen and oxygen atoms in total. The van der Waals surface area contributed by atoms with Crippen molar-refractivity contribution in [3.8, 4) is 0 Å². The van der Waals surface area contributed by atoms with Gasteiger partial charge in [0.25, 0.3) is 10.0 Å². The Morgan fingerprint density at radius 1 is 1.37 bits per heavy atom. The van der Waals surface area contributed by atoms with Crippen molar-refractivity contribution in [1.29, 1.82) is 0 Å². The lowest BCUT2D eigenvalue weighted by Crippen LogP contribution is -2.59. The lowest BCUT2D eigenvalue weighted by molar-refractivity contribution is 0.0563. The molecule has 2 aliphatic heterocycles. The van der Waals surface area contributed by atoms with E-state index in [1.165, 1.54) is 25.1 Å². The molecule has 0 bridgehead atoms. The SMILES string of the molecule is CC1CN2CCCCC2CN1S(=O)(=O)c1ccn[nH]1. The number of nitrogens with one attached hydrogen (secondary N) is 1. The first-order valence-corrected chi connectivity index (χ1v) is 8.28. The quantitative estimate of drug-likeness (QED) is 0.866. The maximum absolute atomic E-state index is 12.6. The first-order valence-electron chi connectivity index (χ1n) is 6.84. The second-order valence-corrected chi connectivity index (χ2v) is 7.35. The molecule has 0 saturated carbocycles. The molecule has 1 aromatic rings. The molecular formula is C12H20N4O2S. The molecule has 0 spiro atoms. The Kier molecular flexibility index (Phi) is 3.36. The number of nitrogens with zero attached hydrogens (tertiary/aromatic N) is 3. The van der Waals surface area contributed by atoms with Crippen LogP contribution in [-0.2, 0) is 10.0 Å². The van der Waals surface area contributed by atoms with E-state index < -0.39 is 10.0 Å². The van der Waals surface area contributed by atoms with Crippen LogP contribution >= 0.6 is 0 Å². The number of sulfonamides is 1. The third kappa shape index (κ3) is 2.30. The average Bonchev–Trinajstić information content (AvgIpc) is 2.92. The van der Waals surface area contributed by atoms with Crippen molar-refractivity contribution in [2.24, 2.45) is 0 Å². The number of hydrogen-bond acceptors (Lipinski definition) is 4. The molecule has 2 atom stereocenters. The fourth-order valence-electron chi connectivity index (χ4n) is 3.17. The van der Waals surface area contributed by atoms with Gasteiger partial charge >= 0.3 is 0 Å². The number of aromatic amines is 1. The van der Waals surface area contributed by atoms with Crippen molar-refractivity contribution in [2.75, 3.05) is 19.6 Å². The molecule has 19 heavy (non-hydrogen) atoms. The molecule has 2 saturated heterocycles. The van der Waals surface area contributed by atoms with Crippen molar-refractivity contribution in [3.05, 3.63) is 12.3 Å². The number of rotatable bonds is 2.